The average Bonchev–Trinajstić information content (AvgIpc) is 2.94. The first-order valence-corrected chi connectivity index (χ1v) is 8.41. The molecule has 0 aliphatic rings. The highest BCUT2D eigenvalue weighted by Gasteiger charge is 2.11. The van der Waals surface area contributed by atoms with Crippen LogP contribution in [-0.2, 0) is 6.54 Å². The molecule has 1 heterocycles. The van der Waals surface area contributed by atoms with Crippen LogP contribution in [0.4, 0.5) is 0 Å². The van der Waals surface area contributed by atoms with E-state index in [9.17, 15) is 0 Å². The average molecular weight is 292 g/mol. The Labute approximate surface area is 132 Å². The van der Waals surface area contributed by atoms with Crippen LogP contribution >= 0.6 is 0 Å². The van der Waals surface area contributed by atoms with Crippen molar-refractivity contribution in [3.05, 3.63) is 54.6 Å². The number of hydrogen-bond donors (Lipinski definition) is 0. The Bertz CT molecular complexity index is 713. The van der Waals surface area contributed by atoms with Crippen LogP contribution in [0.5, 0.6) is 0 Å². The molecule has 0 atom stereocenters. The topological polar surface area (TPSA) is 17.8 Å². The van der Waals surface area contributed by atoms with E-state index in [1.807, 2.05) is 0 Å². The summed E-state index contributed by atoms with van der Waals surface area (Å²) in [5, 5.41) is 0. The molecule has 0 aliphatic heterocycles. The van der Waals surface area contributed by atoms with Gasteiger partial charge >= 0.3 is 0 Å². The monoisotopic (exact) mass is 292 g/mol. The van der Waals surface area contributed by atoms with Crippen molar-refractivity contribution in [2.75, 3.05) is 0 Å². The van der Waals surface area contributed by atoms with Crippen molar-refractivity contribution in [3.63, 3.8) is 0 Å². The predicted octanol–water partition coefficient (Wildman–Crippen LogP) is 5.67. The standard InChI is InChI=1S/C20H24N2/c1-2-3-4-5-11-16-22-19-15-10-9-14-18(19)21-20(22)17-12-7-6-8-13-17/h6-10,12-15H,2-5,11,16H2,1H3. The fourth-order valence-electron chi connectivity index (χ4n) is 2.98. The number of fused-ring (bicyclic) bond motifs is 1. The van der Waals surface area contributed by atoms with E-state index in [0.717, 1.165) is 17.9 Å². The first-order valence-electron chi connectivity index (χ1n) is 8.41. The SMILES string of the molecule is CCCCCCCn1c(-c2ccccc2)nc2ccccc21. The minimum atomic E-state index is 1.05. The Balaban J connectivity index is 1.88. The van der Waals surface area contributed by atoms with Crippen molar-refractivity contribution in [1.29, 1.82) is 0 Å². The molecule has 3 rings (SSSR count). The molecule has 0 radical (unpaired) electrons. The summed E-state index contributed by atoms with van der Waals surface area (Å²) >= 11 is 0. The number of hydrogen-bond acceptors (Lipinski definition) is 1. The first-order chi connectivity index (χ1) is 10.9. The summed E-state index contributed by atoms with van der Waals surface area (Å²) in [6.07, 6.45) is 6.50. The lowest BCUT2D eigenvalue weighted by atomic mass is 10.1. The molecule has 0 N–H and O–H groups in total. The minimum absolute atomic E-state index is 1.05. The van der Waals surface area contributed by atoms with Crippen LogP contribution in [0.15, 0.2) is 54.6 Å². The highest BCUT2D eigenvalue weighted by atomic mass is 15.1. The maximum Gasteiger partial charge on any atom is 0.141 e. The van der Waals surface area contributed by atoms with E-state index in [-0.39, 0.29) is 0 Å². The summed E-state index contributed by atoms with van der Waals surface area (Å²) in [6.45, 7) is 3.31. The lowest BCUT2D eigenvalue weighted by Gasteiger charge is -2.09. The Hall–Kier alpha value is -2.09. The molecule has 0 saturated heterocycles. The molecule has 2 aromatic carbocycles. The number of rotatable bonds is 7. The van der Waals surface area contributed by atoms with E-state index >= 15 is 0 Å². The third kappa shape index (κ3) is 3.22. The molecule has 0 saturated carbocycles. The van der Waals surface area contributed by atoms with E-state index < -0.39 is 0 Å². The van der Waals surface area contributed by atoms with Crippen LogP contribution in [0.1, 0.15) is 39.0 Å². The van der Waals surface area contributed by atoms with Crippen molar-refractivity contribution in [1.82, 2.24) is 9.55 Å². The second-order valence-corrected chi connectivity index (χ2v) is 5.86. The molecule has 2 heteroatoms. The number of para-hydroxylation sites is 2. The zero-order valence-corrected chi connectivity index (χ0v) is 13.3. The normalized spacial score (nSPS) is 11.1. The summed E-state index contributed by atoms with van der Waals surface area (Å²) in [5.74, 6) is 1.09. The van der Waals surface area contributed by atoms with Crippen LogP contribution in [-0.4, -0.2) is 9.55 Å². The van der Waals surface area contributed by atoms with Gasteiger partial charge < -0.3 is 4.57 Å². The number of imidazole rings is 1. The van der Waals surface area contributed by atoms with Gasteiger partial charge in [0.1, 0.15) is 5.82 Å². The number of unbranched alkanes of at least 4 members (excludes halogenated alkanes) is 4. The van der Waals surface area contributed by atoms with Gasteiger partial charge in [-0.25, -0.2) is 4.98 Å². The van der Waals surface area contributed by atoms with Gasteiger partial charge in [-0.15, -0.1) is 0 Å². The molecule has 0 amide bonds. The Morgan fingerprint density at radius 3 is 2.36 bits per heavy atom. The third-order valence-electron chi connectivity index (χ3n) is 4.17. The molecule has 1 aromatic heterocycles. The quantitative estimate of drug-likeness (QED) is 0.513. The van der Waals surface area contributed by atoms with Gasteiger partial charge in [0.25, 0.3) is 0 Å². The van der Waals surface area contributed by atoms with E-state index in [4.69, 9.17) is 4.98 Å². The third-order valence-corrected chi connectivity index (χ3v) is 4.17. The van der Waals surface area contributed by atoms with Gasteiger partial charge in [0, 0.05) is 12.1 Å². The summed E-state index contributed by atoms with van der Waals surface area (Å²) in [7, 11) is 0. The molecular weight excluding hydrogens is 268 g/mol. The van der Waals surface area contributed by atoms with E-state index in [0.29, 0.717) is 0 Å². The maximum absolute atomic E-state index is 4.86. The van der Waals surface area contributed by atoms with Crippen molar-refractivity contribution < 1.29 is 0 Å². The van der Waals surface area contributed by atoms with Crippen LogP contribution < -0.4 is 0 Å². The van der Waals surface area contributed by atoms with Crippen LogP contribution in [0.3, 0.4) is 0 Å². The second-order valence-electron chi connectivity index (χ2n) is 5.86. The van der Waals surface area contributed by atoms with Crippen LogP contribution in [0.2, 0.25) is 0 Å². The summed E-state index contributed by atoms with van der Waals surface area (Å²) < 4.78 is 2.39. The second kappa shape index (κ2) is 7.26. The van der Waals surface area contributed by atoms with Gasteiger partial charge in [0.15, 0.2) is 0 Å². The summed E-state index contributed by atoms with van der Waals surface area (Å²) in [5.41, 5.74) is 3.54. The van der Waals surface area contributed by atoms with Crippen LogP contribution in [0, 0.1) is 0 Å². The molecule has 0 aliphatic carbocycles. The molecule has 0 bridgehead atoms. The zero-order valence-electron chi connectivity index (χ0n) is 13.3. The number of aromatic nitrogens is 2. The Kier molecular flexibility index (Phi) is 4.89. The highest BCUT2D eigenvalue weighted by molar-refractivity contribution is 5.80. The molecule has 3 aromatic rings. The maximum atomic E-state index is 4.86. The van der Waals surface area contributed by atoms with Gasteiger partial charge in [0.05, 0.1) is 11.0 Å². The number of nitrogens with zero attached hydrogens (tertiary/aromatic N) is 2. The van der Waals surface area contributed by atoms with Gasteiger partial charge in [-0.2, -0.15) is 0 Å². The van der Waals surface area contributed by atoms with Crippen molar-refractivity contribution >= 4 is 11.0 Å². The van der Waals surface area contributed by atoms with E-state index in [2.05, 4.69) is 66.1 Å². The largest absolute Gasteiger partial charge is 0.324 e. The molecule has 0 fully saturated rings. The summed E-state index contributed by atoms with van der Waals surface area (Å²) in [4.78, 5) is 4.86. The molecular formula is C20H24N2. The summed E-state index contributed by atoms with van der Waals surface area (Å²) in [6, 6.07) is 19.0. The predicted molar refractivity (Wildman–Crippen MR) is 93.9 cm³/mol. The number of aryl methyl sites for hydroxylation is 1. The van der Waals surface area contributed by atoms with Gasteiger partial charge in [-0.3, -0.25) is 0 Å². The van der Waals surface area contributed by atoms with Crippen LogP contribution in [0.25, 0.3) is 22.4 Å². The van der Waals surface area contributed by atoms with Gasteiger partial charge in [-0.1, -0.05) is 75.1 Å². The zero-order chi connectivity index (χ0) is 15.2. The van der Waals surface area contributed by atoms with E-state index in [1.165, 1.54) is 43.2 Å². The first kappa shape index (κ1) is 14.8. The van der Waals surface area contributed by atoms with Gasteiger partial charge in [0.2, 0.25) is 0 Å². The molecule has 0 unspecified atom stereocenters. The molecule has 114 valence electrons. The molecule has 0 spiro atoms. The smallest absolute Gasteiger partial charge is 0.141 e. The van der Waals surface area contributed by atoms with Crippen molar-refractivity contribution in [3.8, 4) is 11.4 Å². The van der Waals surface area contributed by atoms with Gasteiger partial charge in [-0.05, 0) is 18.6 Å². The highest BCUT2D eigenvalue weighted by Crippen LogP contribution is 2.25. The molecule has 2 nitrogen and oxygen atoms in total. The molecule has 22 heavy (non-hydrogen) atoms. The van der Waals surface area contributed by atoms with E-state index in [1.54, 1.807) is 0 Å². The lowest BCUT2D eigenvalue weighted by molar-refractivity contribution is 0.578. The fraction of sp³-hybridized carbons (Fsp3) is 0.350. The number of benzene rings is 2. The van der Waals surface area contributed by atoms with Crippen molar-refractivity contribution in [2.24, 2.45) is 0 Å². The Morgan fingerprint density at radius 1 is 0.818 bits per heavy atom. The minimum Gasteiger partial charge on any atom is -0.324 e. The lowest BCUT2D eigenvalue weighted by Crippen LogP contribution is -2.01. The fourth-order valence-corrected chi connectivity index (χ4v) is 2.98. The Morgan fingerprint density at radius 2 is 1.55 bits per heavy atom. The van der Waals surface area contributed by atoms with Crippen molar-refractivity contribution in [2.45, 2.75) is 45.6 Å².